The topological polar surface area (TPSA) is 52.0 Å². The molecule has 0 saturated carbocycles. The fourth-order valence-corrected chi connectivity index (χ4v) is 1.72. The average Bonchev–Trinajstić information content (AvgIpc) is 2.64. The fourth-order valence-electron chi connectivity index (χ4n) is 1.72. The fraction of sp³-hybridized carbons (Fsp3) is 0.250. The van der Waals surface area contributed by atoms with Crippen molar-refractivity contribution in [3.63, 3.8) is 0 Å². The van der Waals surface area contributed by atoms with Gasteiger partial charge in [-0.15, -0.1) is 0 Å². The summed E-state index contributed by atoms with van der Waals surface area (Å²) in [5.74, 6) is -1.51. The quantitative estimate of drug-likeness (QED) is 0.873. The van der Waals surface area contributed by atoms with Crippen molar-refractivity contribution in [2.75, 3.05) is 5.73 Å². The van der Waals surface area contributed by atoms with Gasteiger partial charge in [0, 0.05) is 11.1 Å². The zero-order chi connectivity index (χ0) is 12.6. The molecule has 1 heterocycles. The molecular weight excluding hydrogens is 226 g/mol. The minimum atomic E-state index is -0.918. The van der Waals surface area contributed by atoms with E-state index < -0.39 is 11.6 Å². The Morgan fingerprint density at radius 3 is 2.53 bits per heavy atom. The van der Waals surface area contributed by atoms with Crippen LogP contribution in [0.1, 0.15) is 25.3 Å². The van der Waals surface area contributed by atoms with E-state index in [-0.39, 0.29) is 11.8 Å². The molecule has 0 saturated heterocycles. The van der Waals surface area contributed by atoms with Crippen molar-refractivity contribution >= 4 is 5.88 Å². The first-order chi connectivity index (χ1) is 8.00. The number of aromatic nitrogens is 1. The molecule has 2 rings (SSSR count). The summed E-state index contributed by atoms with van der Waals surface area (Å²) < 4.78 is 30.9. The molecule has 17 heavy (non-hydrogen) atoms. The highest BCUT2D eigenvalue weighted by Crippen LogP contribution is 2.33. The van der Waals surface area contributed by atoms with Crippen molar-refractivity contribution in [2.45, 2.75) is 19.8 Å². The second kappa shape index (κ2) is 4.16. The lowest BCUT2D eigenvalue weighted by molar-refractivity contribution is 0.438. The number of hydrogen-bond donors (Lipinski definition) is 1. The highest BCUT2D eigenvalue weighted by Gasteiger charge is 2.19. The molecule has 0 aliphatic rings. The van der Waals surface area contributed by atoms with Gasteiger partial charge in [-0.2, -0.15) is 0 Å². The van der Waals surface area contributed by atoms with Crippen molar-refractivity contribution in [2.24, 2.45) is 0 Å². The summed E-state index contributed by atoms with van der Waals surface area (Å²) in [5, 5.41) is 3.79. The SMILES string of the molecule is CC(C)c1c(-c2ccc(F)c(F)c2)noc1N. The molecule has 0 bridgehead atoms. The van der Waals surface area contributed by atoms with Gasteiger partial charge in [-0.3, -0.25) is 0 Å². The van der Waals surface area contributed by atoms with E-state index in [2.05, 4.69) is 5.16 Å². The minimum absolute atomic E-state index is 0.0874. The van der Waals surface area contributed by atoms with Crippen LogP contribution in [-0.4, -0.2) is 5.16 Å². The van der Waals surface area contributed by atoms with Crippen LogP contribution in [0, 0.1) is 11.6 Å². The van der Waals surface area contributed by atoms with Crippen molar-refractivity contribution in [3.05, 3.63) is 35.4 Å². The van der Waals surface area contributed by atoms with E-state index in [0.717, 1.165) is 12.1 Å². The van der Waals surface area contributed by atoms with Gasteiger partial charge in [0.15, 0.2) is 11.6 Å². The predicted octanol–water partition coefficient (Wildman–Crippen LogP) is 3.33. The van der Waals surface area contributed by atoms with Crippen LogP contribution in [0.2, 0.25) is 0 Å². The van der Waals surface area contributed by atoms with Crippen LogP contribution in [0.3, 0.4) is 0 Å². The van der Waals surface area contributed by atoms with Gasteiger partial charge in [-0.1, -0.05) is 19.0 Å². The van der Waals surface area contributed by atoms with Crippen LogP contribution in [0.25, 0.3) is 11.3 Å². The summed E-state index contributed by atoms with van der Waals surface area (Å²) in [6.07, 6.45) is 0. The Kier molecular flexibility index (Phi) is 2.83. The van der Waals surface area contributed by atoms with E-state index in [1.165, 1.54) is 6.07 Å². The van der Waals surface area contributed by atoms with Crippen LogP contribution >= 0.6 is 0 Å². The van der Waals surface area contributed by atoms with Crippen LogP contribution in [0.4, 0.5) is 14.7 Å². The molecule has 0 aliphatic carbocycles. The largest absolute Gasteiger partial charge is 0.367 e. The molecule has 2 aromatic rings. The molecule has 3 nitrogen and oxygen atoms in total. The molecule has 0 unspecified atom stereocenters. The van der Waals surface area contributed by atoms with Gasteiger partial charge in [0.05, 0.1) is 0 Å². The van der Waals surface area contributed by atoms with Gasteiger partial charge >= 0.3 is 0 Å². The van der Waals surface area contributed by atoms with Gasteiger partial charge in [0.1, 0.15) is 5.69 Å². The third kappa shape index (κ3) is 2.00. The maximum absolute atomic E-state index is 13.1. The Morgan fingerprint density at radius 1 is 1.24 bits per heavy atom. The van der Waals surface area contributed by atoms with E-state index in [1.54, 1.807) is 0 Å². The second-order valence-corrected chi connectivity index (χ2v) is 4.09. The van der Waals surface area contributed by atoms with E-state index in [9.17, 15) is 8.78 Å². The number of anilines is 1. The lowest BCUT2D eigenvalue weighted by atomic mass is 9.99. The van der Waals surface area contributed by atoms with E-state index in [1.807, 2.05) is 13.8 Å². The Labute approximate surface area is 97.2 Å². The summed E-state index contributed by atoms with van der Waals surface area (Å²) in [5.41, 5.74) is 7.26. The molecule has 0 aliphatic heterocycles. The first-order valence-electron chi connectivity index (χ1n) is 5.21. The number of hydrogen-bond acceptors (Lipinski definition) is 3. The number of nitrogens with zero attached hydrogens (tertiary/aromatic N) is 1. The van der Waals surface area contributed by atoms with E-state index in [0.29, 0.717) is 16.8 Å². The maximum atomic E-state index is 13.1. The summed E-state index contributed by atoms with van der Waals surface area (Å²) in [7, 11) is 0. The Hall–Kier alpha value is -1.91. The summed E-state index contributed by atoms with van der Waals surface area (Å²) in [6, 6.07) is 3.58. The van der Waals surface area contributed by atoms with Crippen molar-refractivity contribution in [3.8, 4) is 11.3 Å². The van der Waals surface area contributed by atoms with Gasteiger partial charge in [-0.05, 0) is 24.1 Å². The molecule has 0 atom stereocenters. The highest BCUT2D eigenvalue weighted by atomic mass is 19.2. The molecule has 0 amide bonds. The Bertz CT molecular complexity index is 549. The Balaban J connectivity index is 2.56. The van der Waals surface area contributed by atoms with Gasteiger partial charge in [-0.25, -0.2) is 8.78 Å². The molecular formula is C12H12F2N2O. The van der Waals surface area contributed by atoms with Gasteiger partial charge in [0.25, 0.3) is 0 Å². The monoisotopic (exact) mass is 238 g/mol. The summed E-state index contributed by atoms with van der Waals surface area (Å²) >= 11 is 0. The number of rotatable bonds is 2. The van der Waals surface area contributed by atoms with Crippen LogP contribution < -0.4 is 5.73 Å². The number of nitrogen functional groups attached to an aromatic ring is 1. The van der Waals surface area contributed by atoms with E-state index in [4.69, 9.17) is 10.3 Å². The van der Waals surface area contributed by atoms with Crippen LogP contribution in [-0.2, 0) is 0 Å². The highest BCUT2D eigenvalue weighted by molar-refractivity contribution is 5.67. The smallest absolute Gasteiger partial charge is 0.226 e. The molecule has 0 spiro atoms. The maximum Gasteiger partial charge on any atom is 0.226 e. The van der Waals surface area contributed by atoms with Crippen molar-refractivity contribution < 1.29 is 13.3 Å². The zero-order valence-electron chi connectivity index (χ0n) is 9.50. The van der Waals surface area contributed by atoms with Gasteiger partial charge in [0.2, 0.25) is 5.88 Å². The molecule has 1 aromatic heterocycles. The Morgan fingerprint density at radius 2 is 1.94 bits per heavy atom. The molecule has 0 fully saturated rings. The van der Waals surface area contributed by atoms with Crippen LogP contribution in [0.15, 0.2) is 22.7 Å². The molecule has 1 aromatic carbocycles. The standard InChI is InChI=1S/C12H12F2N2O/c1-6(2)10-11(16-17-12(10)15)7-3-4-8(13)9(14)5-7/h3-6H,15H2,1-2H3. The zero-order valence-corrected chi connectivity index (χ0v) is 9.50. The number of halogens is 2. The molecule has 5 heteroatoms. The first-order valence-corrected chi connectivity index (χ1v) is 5.21. The van der Waals surface area contributed by atoms with E-state index >= 15 is 0 Å². The third-order valence-electron chi connectivity index (χ3n) is 2.53. The van der Waals surface area contributed by atoms with Gasteiger partial charge < -0.3 is 10.3 Å². The second-order valence-electron chi connectivity index (χ2n) is 4.09. The van der Waals surface area contributed by atoms with Crippen molar-refractivity contribution in [1.29, 1.82) is 0 Å². The number of benzene rings is 1. The normalized spacial score (nSPS) is 11.1. The third-order valence-corrected chi connectivity index (χ3v) is 2.53. The summed E-state index contributed by atoms with van der Waals surface area (Å²) in [4.78, 5) is 0. The average molecular weight is 238 g/mol. The molecule has 2 N–H and O–H groups in total. The predicted molar refractivity (Wildman–Crippen MR) is 60.4 cm³/mol. The lowest BCUT2D eigenvalue weighted by Gasteiger charge is -2.05. The van der Waals surface area contributed by atoms with Crippen LogP contribution in [0.5, 0.6) is 0 Å². The molecule has 90 valence electrons. The molecule has 0 radical (unpaired) electrons. The minimum Gasteiger partial charge on any atom is -0.367 e. The summed E-state index contributed by atoms with van der Waals surface area (Å²) in [6.45, 7) is 3.85. The first kappa shape index (κ1) is 11.6. The lowest BCUT2D eigenvalue weighted by Crippen LogP contribution is -1.95. The number of nitrogens with two attached hydrogens (primary N) is 1. The van der Waals surface area contributed by atoms with Crippen molar-refractivity contribution in [1.82, 2.24) is 5.16 Å².